The third-order valence-electron chi connectivity index (χ3n) is 3.96. The number of piperidine rings is 1. The van der Waals surface area contributed by atoms with E-state index in [1.54, 1.807) is 12.5 Å². The van der Waals surface area contributed by atoms with Gasteiger partial charge in [-0.3, -0.25) is 4.40 Å². The minimum absolute atomic E-state index is 0.273. The molecule has 0 radical (unpaired) electrons. The van der Waals surface area contributed by atoms with E-state index in [9.17, 15) is 0 Å². The molecule has 18 heavy (non-hydrogen) atoms. The van der Waals surface area contributed by atoms with Crippen molar-refractivity contribution in [2.24, 2.45) is 11.1 Å². The van der Waals surface area contributed by atoms with Crippen molar-refractivity contribution in [2.45, 2.75) is 19.8 Å². The minimum atomic E-state index is 0.273. The summed E-state index contributed by atoms with van der Waals surface area (Å²) in [6.45, 7) is 4.97. The van der Waals surface area contributed by atoms with Crippen LogP contribution in [0.3, 0.4) is 0 Å². The van der Waals surface area contributed by atoms with Crippen molar-refractivity contribution in [3.63, 3.8) is 0 Å². The zero-order valence-corrected chi connectivity index (χ0v) is 10.6. The maximum absolute atomic E-state index is 5.84. The van der Waals surface area contributed by atoms with Gasteiger partial charge in [0.1, 0.15) is 6.33 Å². The van der Waals surface area contributed by atoms with E-state index in [0.29, 0.717) is 0 Å². The summed E-state index contributed by atoms with van der Waals surface area (Å²) < 4.78 is 1.90. The van der Waals surface area contributed by atoms with Crippen molar-refractivity contribution < 1.29 is 0 Å². The molecule has 1 aliphatic heterocycles. The van der Waals surface area contributed by atoms with E-state index < -0.39 is 0 Å². The van der Waals surface area contributed by atoms with Crippen LogP contribution < -0.4 is 10.6 Å². The molecule has 6 nitrogen and oxygen atoms in total. The number of hydrogen-bond acceptors (Lipinski definition) is 5. The lowest BCUT2D eigenvalue weighted by Gasteiger charge is -2.39. The van der Waals surface area contributed by atoms with Gasteiger partial charge < -0.3 is 10.6 Å². The van der Waals surface area contributed by atoms with Gasteiger partial charge in [-0.05, 0) is 24.8 Å². The summed E-state index contributed by atoms with van der Waals surface area (Å²) in [6.07, 6.45) is 7.56. The summed E-state index contributed by atoms with van der Waals surface area (Å²) in [4.78, 5) is 6.73. The van der Waals surface area contributed by atoms with Crippen molar-refractivity contribution in [1.29, 1.82) is 0 Å². The van der Waals surface area contributed by atoms with Crippen molar-refractivity contribution in [2.75, 3.05) is 24.5 Å². The second-order valence-corrected chi connectivity index (χ2v) is 5.31. The van der Waals surface area contributed by atoms with E-state index in [4.69, 9.17) is 5.73 Å². The highest BCUT2D eigenvalue weighted by molar-refractivity contribution is 5.63. The van der Waals surface area contributed by atoms with Crippen LogP contribution in [0.15, 0.2) is 18.7 Å². The van der Waals surface area contributed by atoms with Crippen LogP contribution >= 0.6 is 0 Å². The topological polar surface area (TPSA) is 72.3 Å². The monoisotopic (exact) mass is 246 g/mol. The van der Waals surface area contributed by atoms with Crippen LogP contribution in [-0.2, 0) is 0 Å². The van der Waals surface area contributed by atoms with Crippen LogP contribution in [0, 0.1) is 5.41 Å². The summed E-state index contributed by atoms with van der Waals surface area (Å²) in [6, 6.07) is 0. The number of nitrogens with two attached hydrogens (primary N) is 1. The zero-order valence-electron chi connectivity index (χ0n) is 10.6. The fraction of sp³-hybridized carbons (Fsp3) is 0.583. The zero-order chi connectivity index (χ0) is 12.6. The highest BCUT2D eigenvalue weighted by Gasteiger charge is 2.30. The Kier molecular flexibility index (Phi) is 2.66. The summed E-state index contributed by atoms with van der Waals surface area (Å²) in [7, 11) is 0. The van der Waals surface area contributed by atoms with E-state index in [-0.39, 0.29) is 5.41 Å². The van der Waals surface area contributed by atoms with E-state index in [1.807, 2.05) is 10.6 Å². The first kappa shape index (κ1) is 11.4. The Balaban J connectivity index is 1.86. The Morgan fingerprint density at radius 1 is 1.39 bits per heavy atom. The fourth-order valence-electron chi connectivity index (χ4n) is 2.43. The van der Waals surface area contributed by atoms with Crippen LogP contribution in [0.2, 0.25) is 0 Å². The normalized spacial score (nSPS) is 19.3. The van der Waals surface area contributed by atoms with Gasteiger partial charge in [-0.15, -0.1) is 10.2 Å². The molecule has 0 spiro atoms. The van der Waals surface area contributed by atoms with Gasteiger partial charge in [0.25, 0.3) is 0 Å². The van der Waals surface area contributed by atoms with Crippen LogP contribution in [0.1, 0.15) is 19.8 Å². The molecule has 2 aromatic heterocycles. The Labute approximate surface area is 106 Å². The summed E-state index contributed by atoms with van der Waals surface area (Å²) >= 11 is 0. The third kappa shape index (κ3) is 1.82. The van der Waals surface area contributed by atoms with Crippen LogP contribution in [0.5, 0.6) is 0 Å². The summed E-state index contributed by atoms with van der Waals surface area (Å²) in [5.74, 6) is 0.925. The molecule has 1 fully saturated rings. The Hall–Kier alpha value is -1.69. The number of anilines is 1. The van der Waals surface area contributed by atoms with Gasteiger partial charge in [0.15, 0.2) is 5.82 Å². The van der Waals surface area contributed by atoms with Gasteiger partial charge in [0.05, 0.1) is 0 Å². The van der Waals surface area contributed by atoms with Gasteiger partial charge in [-0.25, -0.2) is 4.98 Å². The van der Waals surface area contributed by atoms with Gasteiger partial charge in [0, 0.05) is 25.5 Å². The smallest absolute Gasteiger partial charge is 0.203 e. The number of aromatic nitrogens is 4. The number of fused-ring (bicyclic) bond motifs is 1. The first-order valence-electron chi connectivity index (χ1n) is 6.31. The molecule has 0 atom stereocenters. The molecule has 0 bridgehead atoms. The van der Waals surface area contributed by atoms with E-state index in [2.05, 4.69) is 27.0 Å². The van der Waals surface area contributed by atoms with Gasteiger partial charge in [-0.1, -0.05) is 6.92 Å². The molecular formula is C12H18N6. The minimum Gasteiger partial charge on any atom is -0.353 e. The van der Waals surface area contributed by atoms with Crippen molar-refractivity contribution >= 4 is 11.5 Å². The molecule has 1 saturated heterocycles. The molecule has 0 saturated carbocycles. The number of nitrogens with zero attached hydrogens (tertiary/aromatic N) is 5. The quantitative estimate of drug-likeness (QED) is 0.844. The Morgan fingerprint density at radius 2 is 2.17 bits per heavy atom. The lowest BCUT2D eigenvalue weighted by atomic mass is 9.80. The molecule has 2 N–H and O–H groups in total. The second kappa shape index (κ2) is 4.20. The highest BCUT2D eigenvalue weighted by Crippen LogP contribution is 2.31. The van der Waals surface area contributed by atoms with Crippen molar-refractivity contribution in [3.05, 3.63) is 18.7 Å². The molecule has 6 heteroatoms. The first-order valence-corrected chi connectivity index (χ1v) is 6.31. The highest BCUT2D eigenvalue weighted by atomic mass is 15.3. The van der Waals surface area contributed by atoms with Gasteiger partial charge >= 0.3 is 0 Å². The molecule has 0 aromatic carbocycles. The van der Waals surface area contributed by atoms with Crippen molar-refractivity contribution in [1.82, 2.24) is 19.6 Å². The predicted octanol–water partition coefficient (Wildman–Crippen LogP) is 0.689. The first-order chi connectivity index (χ1) is 8.72. The van der Waals surface area contributed by atoms with Crippen molar-refractivity contribution in [3.8, 4) is 0 Å². The molecule has 3 heterocycles. The predicted molar refractivity (Wildman–Crippen MR) is 69.4 cm³/mol. The van der Waals surface area contributed by atoms with Crippen LogP contribution in [-0.4, -0.2) is 39.2 Å². The van der Waals surface area contributed by atoms with E-state index >= 15 is 0 Å². The maximum atomic E-state index is 5.84. The van der Waals surface area contributed by atoms with Gasteiger partial charge in [0.2, 0.25) is 5.65 Å². The van der Waals surface area contributed by atoms with Gasteiger partial charge in [-0.2, -0.15) is 0 Å². The maximum Gasteiger partial charge on any atom is 0.203 e. The molecule has 1 aliphatic rings. The average Bonchev–Trinajstić information content (AvgIpc) is 2.88. The average molecular weight is 246 g/mol. The molecular weight excluding hydrogens is 228 g/mol. The SMILES string of the molecule is CC1(CN)CCN(c2nccn3cnnc23)CC1. The summed E-state index contributed by atoms with van der Waals surface area (Å²) in [5.41, 5.74) is 6.94. The van der Waals surface area contributed by atoms with Crippen LogP contribution in [0.25, 0.3) is 5.65 Å². The molecule has 96 valence electrons. The summed E-state index contributed by atoms with van der Waals surface area (Å²) in [5, 5.41) is 8.06. The lowest BCUT2D eigenvalue weighted by molar-refractivity contribution is 0.258. The second-order valence-electron chi connectivity index (χ2n) is 5.31. The van der Waals surface area contributed by atoms with Crippen LogP contribution in [0.4, 0.5) is 5.82 Å². The standard InChI is InChI=1S/C12H18N6/c1-12(8-13)2-5-17(6-3-12)10-11-16-15-9-18(11)7-4-14-10/h4,7,9H,2-3,5-6,8,13H2,1H3. The molecule has 2 aromatic rings. The number of rotatable bonds is 2. The van der Waals surface area contributed by atoms with E-state index in [0.717, 1.165) is 43.9 Å². The third-order valence-corrected chi connectivity index (χ3v) is 3.96. The molecule has 0 amide bonds. The van der Waals surface area contributed by atoms with E-state index in [1.165, 1.54) is 0 Å². The molecule has 0 unspecified atom stereocenters. The Bertz CT molecular complexity index is 540. The largest absolute Gasteiger partial charge is 0.353 e. The Morgan fingerprint density at radius 3 is 2.89 bits per heavy atom. The number of hydrogen-bond donors (Lipinski definition) is 1. The lowest BCUT2D eigenvalue weighted by Crippen LogP contribution is -2.42. The molecule has 0 aliphatic carbocycles. The molecule has 3 rings (SSSR count). The fourth-order valence-corrected chi connectivity index (χ4v) is 2.43.